The van der Waals surface area contributed by atoms with E-state index in [0.717, 1.165) is 24.8 Å². The summed E-state index contributed by atoms with van der Waals surface area (Å²) in [6.45, 7) is 2.08. The van der Waals surface area contributed by atoms with Crippen molar-refractivity contribution in [2.45, 2.75) is 43.9 Å². The van der Waals surface area contributed by atoms with Crippen LogP contribution in [-0.2, 0) is 12.8 Å². The van der Waals surface area contributed by atoms with E-state index in [-0.39, 0.29) is 11.5 Å². The van der Waals surface area contributed by atoms with Crippen molar-refractivity contribution in [2.75, 3.05) is 0 Å². The van der Waals surface area contributed by atoms with Crippen molar-refractivity contribution in [1.29, 1.82) is 0 Å². The molecule has 6 heteroatoms. The van der Waals surface area contributed by atoms with Gasteiger partial charge in [0.2, 0.25) is 0 Å². The molecule has 0 saturated heterocycles. The van der Waals surface area contributed by atoms with E-state index in [9.17, 15) is 9.90 Å². The van der Waals surface area contributed by atoms with E-state index in [0.29, 0.717) is 18.4 Å². The van der Waals surface area contributed by atoms with Crippen molar-refractivity contribution in [3.05, 3.63) is 23.3 Å². The fraction of sp³-hybridized carbons (Fsp3) is 0.500. The molecule has 0 aliphatic carbocycles. The first-order chi connectivity index (χ1) is 9.45. The van der Waals surface area contributed by atoms with E-state index < -0.39 is 11.0 Å². The zero-order chi connectivity index (χ0) is 15.1. The van der Waals surface area contributed by atoms with Gasteiger partial charge in [-0.25, -0.2) is 4.79 Å². The average Bonchev–Trinajstić information content (AvgIpc) is 2.37. The number of unbranched alkanes of at least 4 members (excludes halogenated alkanes) is 1. The molecular weight excluding hydrogens is 303 g/mol. The molecule has 20 heavy (non-hydrogen) atoms. The Morgan fingerprint density at radius 3 is 2.60 bits per heavy atom. The fourth-order valence-corrected chi connectivity index (χ4v) is 2.19. The second-order valence-corrected chi connectivity index (χ2v) is 5.73. The van der Waals surface area contributed by atoms with Crippen LogP contribution in [0.25, 0.3) is 0 Å². The molecule has 112 valence electrons. The maximum absolute atomic E-state index is 10.6. The smallest absolute Gasteiger partial charge is 0.504 e. The number of carbonyl (C=O) groups is 1. The van der Waals surface area contributed by atoms with Crippen molar-refractivity contribution >= 4 is 29.4 Å². The highest BCUT2D eigenvalue weighted by atomic mass is 35.5. The highest BCUT2D eigenvalue weighted by molar-refractivity contribution is 6.44. The molecule has 0 aliphatic rings. The summed E-state index contributed by atoms with van der Waals surface area (Å²) < 4.78 is 4.55. The molecule has 0 amide bonds. The van der Waals surface area contributed by atoms with Gasteiger partial charge in [-0.05, 0) is 37.3 Å². The van der Waals surface area contributed by atoms with Gasteiger partial charge in [-0.15, -0.1) is 23.2 Å². The van der Waals surface area contributed by atoms with Gasteiger partial charge in [0.1, 0.15) is 4.84 Å². The lowest BCUT2D eigenvalue weighted by molar-refractivity contribution is 0.143. The van der Waals surface area contributed by atoms with Crippen LogP contribution >= 0.6 is 23.2 Å². The molecule has 0 aliphatic heterocycles. The summed E-state index contributed by atoms with van der Waals surface area (Å²) in [5.41, 5.74) is 1.62. The fourth-order valence-electron chi connectivity index (χ4n) is 1.97. The zero-order valence-electron chi connectivity index (χ0n) is 11.2. The molecule has 4 nitrogen and oxygen atoms in total. The van der Waals surface area contributed by atoms with Crippen molar-refractivity contribution in [2.24, 2.45) is 0 Å². The first-order valence-corrected chi connectivity index (χ1v) is 7.35. The van der Waals surface area contributed by atoms with E-state index in [2.05, 4.69) is 11.7 Å². The molecular formula is C14H18Cl2O4. The summed E-state index contributed by atoms with van der Waals surface area (Å²) in [6.07, 6.45) is 2.31. The van der Waals surface area contributed by atoms with Crippen molar-refractivity contribution < 1.29 is 19.7 Å². The van der Waals surface area contributed by atoms with Crippen molar-refractivity contribution in [3.8, 4) is 11.5 Å². The highest BCUT2D eigenvalue weighted by Crippen LogP contribution is 2.35. The molecule has 0 saturated carbocycles. The Morgan fingerprint density at radius 2 is 2.05 bits per heavy atom. The Labute approximate surface area is 128 Å². The molecule has 0 aromatic heterocycles. The number of phenols is 1. The Kier molecular flexibility index (Phi) is 6.96. The second-order valence-electron chi connectivity index (χ2n) is 4.45. The molecule has 0 radical (unpaired) electrons. The summed E-state index contributed by atoms with van der Waals surface area (Å²) >= 11 is 11.4. The molecule has 0 unspecified atom stereocenters. The Bertz CT molecular complexity index is 461. The molecule has 0 heterocycles. The summed E-state index contributed by atoms with van der Waals surface area (Å²) in [4.78, 5) is 10.0. The standard InChI is InChI=1S/C14H18Cl2O4/c1-2-3-4-9-5-7-11(20-14(18)19)13(17)10(9)6-8-12(15)16/h5,7,12,17H,2-4,6,8H2,1H3,(H,18,19). The maximum atomic E-state index is 10.6. The third kappa shape index (κ3) is 5.10. The third-order valence-electron chi connectivity index (χ3n) is 2.95. The quantitative estimate of drug-likeness (QED) is 0.440. The largest absolute Gasteiger partial charge is 0.511 e. The van der Waals surface area contributed by atoms with Crippen LogP contribution in [0.1, 0.15) is 37.3 Å². The number of hydrogen-bond donors (Lipinski definition) is 2. The summed E-state index contributed by atoms with van der Waals surface area (Å²) in [7, 11) is 0. The van der Waals surface area contributed by atoms with Gasteiger partial charge in [0, 0.05) is 5.56 Å². The number of halogens is 2. The van der Waals surface area contributed by atoms with Gasteiger partial charge in [0.15, 0.2) is 11.5 Å². The molecule has 1 aromatic rings. The van der Waals surface area contributed by atoms with Gasteiger partial charge in [0.05, 0.1) is 0 Å². The maximum Gasteiger partial charge on any atom is 0.511 e. The number of benzene rings is 1. The lowest BCUT2D eigenvalue weighted by Crippen LogP contribution is -2.06. The predicted molar refractivity (Wildman–Crippen MR) is 79.2 cm³/mol. The topological polar surface area (TPSA) is 66.8 Å². The zero-order valence-corrected chi connectivity index (χ0v) is 12.7. The van der Waals surface area contributed by atoms with E-state index in [1.165, 1.54) is 6.07 Å². The lowest BCUT2D eigenvalue weighted by atomic mass is 9.97. The van der Waals surface area contributed by atoms with Crippen molar-refractivity contribution in [3.63, 3.8) is 0 Å². The minimum atomic E-state index is -1.46. The summed E-state index contributed by atoms with van der Waals surface area (Å²) in [6, 6.07) is 3.25. The molecule has 1 rings (SSSR count). The number of ether oxygens (including phenoxy) is 1. The van der Waals surface area contributed by atoms with Crippen LogP contribution in [0.2, 0.25) is 0 Å². The molecule has 0 bridgehead atoms. The van der Waals surface area contributed by atoms with Crippen LogP contribution < -0.4 is 4.74 Å². The van der Waals surface area contributed by atoms with E-state index in [4.69, 9.17) is 28.3 Å². The number of carboxylic acid groups (broad SMARTS) is 1. The molecule has 0 fully saturated rings. The van der Waals surface area contributed by atoms with Gasteiger partial charge in [-0.3, -0.25) is 0 Å². The van der Waals surface area contributed by atoms with Crippen LogP contribution in [0.15, 0.2) is 12.1 Å². The number of phenolic OH excluding ortho intramolecular Hbond substituents is 1. The average molecular weight is 321 g/mol. The Balaban J connectivity index is 3.04. The Morgan fingerprint density at radius 1 is 1.35 bits per heavy atom. The van der Waals surface area contributed by atoms with Gasteiger partial charge in [0.25, 0.3) is 0 Å². The molecule has 1 aromatic carbocycles. The highest BCUT2D eigenvalue weighted by Gasteiger charge is 2.16. The lowest BCUT2D eigenvalue weighted by Gasteiger charge is -2.14. The van der Waals surface area contributed by atoms with Gasteiger partial charge in [-0.2, -0.15) is 0 Å². The number of aromatic hydroxyl groups is 1. The second kappa shape index (κ2) is 8.22. The van der Waals surface area contributed by atoms with Crippen LogP contribution in [0, 0.1) is 0 Å². The van der Waals surface area contributed by atoms with E-state index >= 15 is 0 Å². The summed E-state index contributed by atoms with van der Waals surface area (Å²) in [5.74, 6) is -0.205. The van der Waals surface area contributed by atoms with Crippen LogP contribution in [0.4, 0.5) is 4.79 Å². The first kappa shape index (κ1) is 16.9. The molecule has 2 N–H and O–H groups in total. The number of rotatable bonds is 7. The molecule has 0 atom stereocenters. The van der Waals surface area contributed by atoms with Crippen molar-refractivity contribution in [1.82, 2.24) is 0 Å². The van der Waals surface area contributed by atoms with Gasteiger partial charge >= 0.3 is 6.16 Å². The predicted octanol–water partition coefficient (Wildman–Crippen LogP) is 4.53. The number of aryl methyl sites for hydroxylation is 1. The van der Waals surface area contributed by atoms with Crippen LogP contribution in [0.3, 0.4) is 0 Å². The van der Waals surface area contributed by atoms with Gasteiger partial charge < -0.3 is 14.9 Å². The van der Waals surface area contributed by atoms with E-state index in [1.807, 2.05) is 0 Å². The Hall–Kier alpha value is -1.13. The minimum Gasteiger partial charge on any atom is -0.504 e. The minimum absolute atomic E-state index is 0.0616. The molecule has 0 spiro atoms. The monoisotopic (exact) mass is 320 g/mol. The van der Waals surface area contributed by atoms with Crippen LogP contribution in [0.5, 0.6) is 11.5 Å². The first-order valence-electron chi connectivity index (χ1n) is 6.48. The number of hydrogen-bond acceptors (Lipinski definition) is 3. The van der Waals surface area contributed by atoms with Crippen LogP contribution in [-0.4, -0.2) is 21.2 Å². The number of alkyl halides is 2. The SMILES string of the molecule is CCCCc1ccc(OC(=O)O)c(O)c1CCC(Cl)Cl. The third-order valence-corrected chi connectivity index (χ3v) is 3.39. The summed E-state index contributed by atoms with van der Waals surface area (Å²) in [5, 5.41) is 18.8. The van der Waals surface area contributed by atoms with Gasteiger partial charge in [-0.1, -0.05) is 19.4 Å². The van der Waals surface area contributed by atoms with E-state index in [1.54, 1.807) is 6.07 Å². The normalized spacial score (nSPS) is 10.8.